The zero-order valence-electron chi connectivity index (χ0n) is 9.00. The topological polar surface area (TPSA) is 44.8 Å². The fourth-order valence-corrected chi connectivity index (χ4v) is 2.06. The standard InChI is InChI=1S/C11H8BrN4.Ta/c1-16-6-7(5-14-16)10-4-8-9(12)2-3-13-11(8)15-10;/h2-6H,1H3;/q-1;. The Bertz CT molecular complexity index is 658. The van der Waals surface area contributed by atoms with Crippen molar-refractivity contribution in [1.82, 2.24) is 19.7 Å². The minimum Gasteiger partial charge on any atom is -0.442 e. The Balaban J connectivity index is 0.00000108. The van der Waals surface area contributed by atoms with E-state index in [1.54, 1.807) is 17.1 Å². The third-order valence-corrected chi connectivity index (χ3v) is 3.12. The summed E-state index contributed by atoms with van der Waals surface area (Å²) in [6.07, 6.45) is 5.48. The van der Waals surface area contributed by atoms with Gasteiger partial charge in [-0.05, 0) is 11.1 Å². The number of fused-ring (bicyclic) bond motifs is 1. The monoisotopic (exact) mass is 456 g/mol. The van der Waals surface area contributed by atoms with E-state index in [1.165, 1.54) is 0 Å². The van der Waals surface area contributed by atoms with Crippen molar-refractivity contribution in [1.29, 1.82) is 0 Å². The summed E-state index contributed by atoms with van der Waals surface area (Å²) >= 11 is 3.49. The van der Waals surface area contributed by atoms with E-state index < -0.39 is 0 Å². The molecule has 85 valence electrons. The molecule has 0 N–H and O–H groups in total. The van der Waals surface area contributed by atoms with Crippen LogP contribution in [0.1, 0.15) is 0 Å². The molecule has 4 nitrogen and oxygen atoms in total. The van der Waals surface area contributed by atoms with Crippen LogP contribution in [0.4, 0.5) is 0 Å². The van der Waals surface area contributed by atoms with Crippen LogP contribution >= 0.6 is 15.9 Å². The average Bonchev–Trinajstić information content (AvgIpc) is 2.84. The third-order valence-electron chi connectivity index (χ3n) is 2.42. The van der Waals surface area contributed by atoms with Gasteiger partial charge in [-0.25, -0.2) is 0 Å². The first-order valence-corrected chi connectivity index (χ1v) is 5.60. The van der Waals surface area contributed by atoms with E-state index in [4.69, 9.17) is 0 Å². The van der Waals surface area contributed by atoms with Crippen LogP contribution in [0.3, 0.4) is 0 Å². The van der Waals surface area contributed by atoms with Crippen LogP contribution in [0, 0.1) is 0 Å². The number of aryl methyl sites for hydroxylation is 1. The van der Waals surface area contributed by atoms with Crippen molar-refractivity contribution in [2.75, 3.05) is 0 Å². The van der Waals surface area contributed by atoms with Crippen molar-refractivity contribution < 1.29 is 22.4 Å². The van der Waals surface area contributed by atoms with Gasteiger partial charge in [0.15, 0.2) is 0 Å². The molecule has 3 rings (SSSR count). The molecule has 0 spiro atoms. The summed E-state index contributed by atoms with van der Waals surface area (Å²) in [4.78, 5) is 8.69. The van der Waals surface area contributed by atoms with Crippen molar-refractivity contribution in [2.24, 2.45) is 7.05 Å². The number of halogens is 1. The van der Waals surface area contributed by atoms with Gasteiger partial charge in [-0.3, -0.25) is 4.68 Å². The van der Waals surface area contributed by atoms with Crippen molar-refractivity contribution in [2.45, 2.75) is 0 Å². The number of aromatic nitrogens is 4. The maximum absolute atomic E-state index is 4.46. The van der Waals surface area contributed by atoms with Crippen LogP contribution in [0.15, 0.2) is 35.2 Å². The molecule has 0 bridgehead atoms. The quantitative estimate of drug-likeness (QED) is 0.564. The Morgan fingerprint density at radius 1 is 1.41 bits per heavy atom. The van der Waals surface area contributed by atoms with E-state index in [-0.39, 0.29) is 22.4 Å². The fraction of sp³-hybridized carbons (Fsp3) is 0.0909. The third kappa shape index (κ3) is 2.24. The molecule has 0 aromatic carbocycles. The van der Waals surface area contributed by atoms with Gasteiger partial charge in [0.1, 0.15) is 0 Å². The fourth-order valence-electron chi connectivity index (χ4n) is 1.65. The van der Waals surface area contributed by atoms with Gasteiger partial charge in [0.25, 0.3) is 0 Å². The Morgan fingerprint density at radius 2 is 2.24 bits per heavy atom. The molecule has 1 radical (unpaired) electrons. The molecular formula is C11H8BrN4Ta-. The van der Waals surface area contributed by atoms with Crippen molar-refractivity contribution in [3.05, 3.63) is 35.2 Å². The number of pyridine rings is 1. The van der Waals surface area contributed by atoms with E-state index in [0.717, 1.165) is 26.8 Å². The first-order valence-electron chi connectivity index (χ1n) is 4.81. The summed E-state index contributed by atoms with van der Waals surface area (Å²) in [5.74, 6) is 0. The smallest absolute Gasteiger partial charge is 0.0564 e. The second-order valence-corrected chi connectivity index (χ2v) is 4.43. The van der Waals surface area contributed by atoms with E-state index in [9.17, 15) is 0 Å². The van der Waals surface area contributed by atoms with Gasteiger partial charge in [0.05, 0.1) is 6.20 Å². The Labute approximate surface area is 122 Å². The minimum absolute atomic E-state index is 0. The SMILES string of the molecule is Cn1cc(-c2cc3c(Br)ccnc3[n-]2)cn1.[Ta]. The molecule has 17 heavy (non-hydrogen) atoms. The molecule has 0 saturated carbocycles. The Morgan fingerprint density at radius 3 is 2.88 bits per heavy atom. The van der Waals surface area contributed by atoms with Crippen LogP contribution in [-0.2, 0) is 29.4 Å². The van der Waals surface area contributed by atoms with Gasteiger partial charge >= 0.3 is 0 Å². The van der Waals surface area contributed by atoms with Crippen LogP contribution < -0.4 is 4.98 Å². The van der Waals surface area contributed by atoms with E-state index in [0.29, 0.717) is 0 Å². The van der Waals surface area contributed by atoms with Gasteiger partial charge in [0, 0.05) is 45.7 Å². The molecule has 6 heteroatoms. The first kappa shape index (κ1) is 12.6. The van der Waals surface area contributed by atoms with Crippen molar-refractivity contribution in [3.8, 4) is 11.3 Å². The molecule has 0 aliphatic rings. The summed E-state index contributed by atoms with van der Waals surface area (Å²) in [6, 6.07) is 3.93. The second kappa shape index (κ2) is 4.78. The summed E-state index contributed by atoms with van der Waals surface area (Å²) in [6.45, 7) is 0. The molecule has 3 aromatic heterocycles. The van der Waals surface area contributed by atoms with Gasteiger partial charge in [0.2, 0.25) is 0 Å². The molecule has 0 saturated heterocycles. The average molecular weight is 457 g/mol. The normalized spacial score (nSPS) is 10.5. The van der Waals surface area contributed by atoms with Crippen LogP contribution in [0.5, 0.6) is 0 Å². The van der Waals surface area contributed by atoms with Crippen LogP contribution in [-0.4, -0.2) is 14.8 Å². The molecule has 3 aromatic rings. The van der Waals surface area contributed by atoms with Gasteiger partial charge in [-0.2, -0.15) is 5.10 Å². The second-order valence-electron chi connectivity index (χ2n) is 3.57. The molecule has 0 unspecified atom stereocenters. The maximum Gasteiger partial charge on any atom is 0.0564 e. The minimum atomic E-state index is 0. The summed E-state index contributed by atoms with van der Waals surface area (Å²) in [7, 11) is 1.89. The van der Waals surface area contributed by atoms with E-state index in [1.807, 2.05) is 25.4 Å². The zero-order valence-corrected chi connectivity index (χ0v) is 13.8. The van der Waals surface area contributed by atoms with Crippen LogP contribution in [0.2, 0.25) is 0 Å². The molecule has 0 aliphatic carbocycles. The molecule has 3 heterocycles. The number of rotatable bonds is 1. The first-order chi connectivity index (χ1) is 7.74. The van der Waals surface area contributed by atoms with Gasteiger partial charge < -0.3 is 9.97 Å². The van der Waals surface area contributed by atoms with Crippen molar-refractivity contribution >= 4 is 27.0 Å². The largest absolute Gasteiger partial charge is 0.442 e. The number of hydrogen-bond donors (Lipinski definition) is 0. The summed E-state index contributed by atoms with van der Waals surface area (Å²) in [5.41, 5.74) is 2.67. The zero-order chi connectivity index (χ0) is 11.1. The molecule has 0 fully saturated rings. The van der Waals surface area contributed by atoms with E-state index in [2.05, 4.69) is 31.0 Å². The predicted molar refractivity (Wildman–Crippen MR) is 65.0 cm³/mol. The number of nitrogens with zero attached hydrogens (tertiary/aromatic N) is 4. The molecular weight excluding hydrogens is 449 g/mol. The summed E-state index contributed by atoms with van der Waals surface area (Å²) in [5, 5.41) is 5.16. The van der Waals surface area contributed by atoms with Gasteiger partial charge in [-0.1, -0.05) is 39.9 Å². The maximum atomic E-state index is 4.46. The summed E-state index contributed by atoms with van der Waals surface area (Å²) < 4.78 is 2.78. The van der Waals surface area contributed by atoms with Gasteiger partial charge in [-0.15, -0.1) is 0 Å². The van der Waals surface area contributed by atoms with Crippen molar-refractivity contribution in [3.63, 3.8) is 0 Å². The number of hydrogen-bond acceptors (Lipinski definition) is 2. The Hall–Kier alpha value is -0.880. The predicted octanol–water partition coefficient (Wildman–Crippen LogP) is 2.35. The molecule has 0 amide bonds. The van der Waals surface area contributed by atoms with Crippen LogP contribution in [0.25, 0.3) is 22.3 Å². The Kier molecular flexibility index (Phi) is 3.53. The molecule has 0 atom stereocenters. The van der Waals surface area contributed by atoms with E-state index >= 15 is 0 Å². The molecule has 0 aliphatic heterocycles.